The number of hydrogen-bond acceptors (Lipinski definition) is 2. The van der Waals surface area contributed by atoms with Crippen LogP contribution >= 0.6 is 23.2 Å². The zero-order valence-corrected chi connectivity index (χ0v) is 13.5. The summed E-state index contributed by atoms with van der Waals surface area (Å²) >= 11 is 12.1. The molecule has 1 unspecified atom stereocenters. The highest BCUT2D eigenvalue weighted by atomic mass is 35.5. The molecule has 2 aromatic carbocycles. The van der Waals surface area contributed by atoms with Gasteiger partial charge in [0.25, 0.3) is 0 Å². The number of hydrogen-bond donors (Lipinski definition) is 1. The number of halogens is 2. The lowest BCUT2D eigenvalue weighted by Gasteiger charge is -2.26. The predicted molar refractivity (Wildman–Crippen MR) is 90.6 cm³/mol. The zero-order chi connectivity index (χ0) is 15.2. The number of likely N-dealkylation sites (N-methyl/N-ethyl adjacent to an activating group) is 1. The van der Waals surface area contributed by atoms with Crippen LogP contribution in [0.1, 0.15) is 17.9 Å². The fourth-order valence-corrected chi connectivity index (χ4v) is 2.71. The molecule has 0 aliphatic carbocycles. The second-order valence-electron chi connectivity index (χ2n) is 5.10. The molecule has 0 saturated heterocycles. The van der Waals surface area contributed by atoms with E-state index in [0.717, 1.165) is 17.8 Å². The minimum Gasteiger partial charge on any atom is -0.396 e. The van der Waals surface area contributed by atoms with E-state index in [-0.39, 0.29) is 12.5 Å². The highest BCUT2D eigenvalue weighted by molar-refractivity contribution is 6.42. The van der Waals surface area contributed by atoms with E-state index in [0.29, 0.717) is 16.5 Å². The number of benzene rings is 2. The average Bonchev–Trinajstić information content (AvgIpc) is 2.50. The Hall–Kier alpha value is -1.22. The highest BCUT2D eigenvalue weighted by Gasteiger charge is 2.15. The maximum absolute atomic E-state index is 9.33. The highest BCUT2D eigenvalue weighted by Crippen LogP contribution is 2.29. The van der Waals surface area contributed by atoms with Crippen molar-refractivity contribution in [2.75, 3.05) is 25.1 Å². The van der Waals surface area contributed by atoms with E-state index >= 15 is 0 Å². The van der Waals surface area contributed by atoms with Crippen LogP contribution in [-0.4, -0.2) is 25.3 Å². The van der Waals surface area contributed by atoms with Crippen molar-refractivity contribution in [3.8, 4) is 0 Å². The van der Waals surface area contributed by atoms with Crippen LogP contribution in [-0.2, 0) is 0 Å². The molecule has 2 rings (SSSR count). The van der Waals surface area contributed by atoms with Crippen molar-refractivity contribution in [1.82, 2.24) is 0 Å². The quantitative estimate of drug-likeness (QED) is 0.840. The Morgan fingerprint density at radius 3 is 2.38 bits per heavy atom. The van der Waals surface area contributed by atoms with Gasteiger partial charge in [0.05, 0.1) is 10.0 Å². The van der Waals surface area contributed by atoms with Gasteiger partial charge in [-0.05, 0) is 36.2 Å². The molecule has 21 heavy (non-hydrogen) atoms. The first-order valence-corrected chi connectivity index (χ1v) is 7.69. The number of aliphatic hydroxyl groups excluding tert-OH is 1. The maximum Gasteiger partial charge on any atom is 0.0595 e. The maximum atomic E-state index is 9.33. The SMILES string of the molecule is CN(CC(CCO)c1ccc(Cl)c(Cl)c1)c1ccccc1. The summed E-state index contributed by atoms with van der Waals surface area (Å²) in [4.78, 5) is 2.18. The van der Waals surface area contributed by atoms with Crippen molar-refractivity contribution in [2.24, 2.45) is 0 Å². The van der Waals surface area contributed by atoms with Crippen molar-refractivity contribution in [2.45, 2.75) is 12.3 Å². The van der Waals surface area contributed by atoms with E-state index in [9.17, 15) is 5.11 Å². The molecule has 0 fully saturated rings. The van der Waals surface area contributed by atoms with Gasteiger partial charge in [0.2, 0.25) is 0 Å². The second kappa shape index (κ2) is 7.69. The summed E-state index contributed by atoms with van der Waals surface area (Å²) in [6, 6.07) is 15.9. The number of aliphatic hydroxyl groups is 1. The van der Waals surface area contributed by atoms with Gasteiger partial charge < -0.3 is 10.0 Å². The molecule has 0 aliphatic heterocycles. The van der Waals surface area contributed by atoms with Crippen molar-refractivity contribution in [1.29, 1.82) is 0 Å². The smallest absolute Gasteiger partial charge is 0.0595 e. The van der Waals surface area contributed by atoms with E-state index in [1.807, 2.05) is 36.4 Å². The molecule has 0 radical (unpaired) electrons. The first-order valence-electron chi connectivity index (χ1n) is 6.94. The van der Waals surface area contributed by atoms with Gasteiger partial charge in [-0.15, -0.1) is 0 Å². The van der Waals surface area contributed by atoms with E-state index in [1.165, 1.54) is 0 Å². The van der Waals surface area contributed by atoms with Crippen LogP contribution in [0, 0.1) is 0 Å². The van der Waals surface area contributed by atoms with Crippen LogP contribution in [0.4, 0.5) is 5.69 Å². The monoisotopic (exact) mass is 323 g/mol. The number of para-hydroxylation sites is 1. The van der Waals surface area contributed by atoms with Gasteiger partial charge in [-0.3, -0.25) is 0 Å². The zero-order valence-electron chi connectivity index (χ0n) is 12.0. The first kappa shape index (κ1) is 16.2. The second-order valence-corrected chi connectivity index (χ2v) is 5.91. The normalized spacial score (nSPS) is 12.2. The van der Waals surface area contributed by atoms with Gasteiger partial charge in [-0.2, -0.15) is 0 Å². The van der Waals surface area contributed by atoms with Crippen molar-refractivity contribution in [3.63, 3.8) is 0 Å². The van der Waals surface area contributed by atoms with Gasteiger partial charge >= 0.3 is 0 Å². The lowest BCUT2D eigenvalue weighted by Crippen LogP contribution is -2.24. The average molecular weight is 324 g/mol. The molecule has 0 amide bonds. The number of rotatable bonds is 6. The third-order valence-electron chi connectivity index (χ3n) is 3.58. The molecule has 4 heteroatoms. The van der Waals surface area contributed by atoms with Crippen LogP contribution in [0.2, 0.25) is 10.0 Å². The summed E-state index contributed by atoms with van der Waals surface area (Å²) in [7, 11) is 2.05. The Bertz CT molecular complexity index is 574. The summed E-state index contributed by atoms with van der Waals surface area (Å²) in [5, 5.41) is 10.4. The largest absolute Gasteiger partial charge is 0.396 e. The van der Waals surface area contributed by atoms with Gasteiger partial charge in [-0.25, -0.2) is 0 Å². The molecule has 1 atom stereocenters. The molecule has 2 nitrogen and oxygen atoms in total. The lowest BCUT2D eigenvalue weighted by atomic mass is 9.95. The minimum atomic E-state index is 0.146. The molecule has 0 aliphatic rings. The molecule has 0 heterocycles. The Morgan fingerprint density at radius 1 is 1.05 bits per heavy atom. The Morgan fingerprint density at radius 2 is 1.76 bits per heavy atom. The van der Waals surface area contributed by atoms with Crippen molar-refractivity contribution >= 4 is 28.9 Å². The van der Waals surface area contributed by atoms with Gasteiger partial charge in [0.1, 0.15) is 0 Å². The van der Waals surface area contributed by atoms with Crippen molar-refractivity contribution in [3.05, 3.63) is 64.1 Å². The summed E-state index contributed by atoms with van der Waals surface area (Å²) in [5.74, 6) is 0.204. The standard InChI is InChI=1S/C17H19Cl2NO/c1-20(15-5-3-2-4-6-15)12-14(9-10-21)13-7-8-16(18)17(19)11-13/h2-8,11,14,21H,9-10,12H2,1H3. The van der Waals surface area contributed by atoms with Gasteiger partial charge in [0.15, 0.2) is 0 Å². The Labute approximate surface area is 135 Å². The summed E-state index contributed by atoms with van der Waals surface area (Å²) in [6.07, 6.45) is 0.690. The third kappa shape index (κ3) is 4.37. The van der Waals surface area contributed by atoms with E-state index in [4.69, 9.17) is 23.2 Å². The summed E-state index contributed by atoms with van der Waals surface area (Å²) in [6.45, 7) is 0.954. The molecule has 0 spiro atoms. The molecular formula is C17H19Cl2NO. The molecule has 2 aromatic rings. The predicted octanol–water partition coefficient (Wildman–Crippen LogP) is 4.60. The van der Waals surface area contributed by atoms with E-state index < -0.39 is 0 Å². The Kier molecular flexibility index (Phi) is 5.92. The number of anilines is 1. The summed E-state index contributed by atoms with van der Waals surface area (Å²) < 4.78 is 0. The van der Waals surface area contributed by atoms with Crippen LogP contribution < -0.4 is 4.90 Å². The molecule has 0 bridgehead atoms. The third-order valence-corrected chi connectivity index (χ3v) is 4.32. The minimum absolute atomic E-state index is 0.146. The van der Waals surface area contributed by atoms with Gasteiger partial charge in [-0.1, -0.05) is 47.5 Å². The molecule has 0 saturated carbocycles. The fourth-order valence-electron chi connectivity index (χ4n) is 2.40. The van der Waals surface area contributed by atoms with Gasteiger partial charge in [0, 0.05) is 31.8 Å². The molecule has 112 valence electrons. The molecular weight excluding hydrogens is 305 g/mol. The molecule has 1 N–H and O–H groups in total. The topological polar surface area (TPSA) is 23.5 Å². The van der Waals surface area contributed by atoms with E-state index in [1.54, 1.807) is 0 Å². The fraction of sp³-hybridized carbons (Fsp3) is 0.294. The van der Waals surface area contributed by atoms with Crippen LogP contribution in [0.3, 0.4) is 0 Å². The van der Waals surface area contributed by atoms with E-state index in [2.05, 4.69) is 24.1 Å². The number of nitrogens with zero attached hydrogens (tertiary/aromatic N) is 1. The van der Waals surface area contributed by atoms with Crippen LogP contribution in [0.25, 0.3) is 0 Å². The van der Waals surface area contributed by atoms with Crippen LogP contribution in [0.15, 0.2) is 48.5 Å². The molecule has 0 aromatic heterocycles. The summed E-state index contributed by atoms with van der Waals surface area (Å²) in [5.41, 5.74) is 2.25. The first-order chi connectivity index (χ1) is 10.1. The van der Waals surface area contributed by atoms with Crippen molar-refractivity contribution < 1.29 is 5.11 Å². The lowest BCUT2D eigenvalue weighted by molar-refractivity contribution is 0.276. The Balaban J connectivity index is 2.17. The van der Waals surface area contributed by atoms with Crippen LogP contribution in [0.5, 0.6) is 0 Å².